The van der Waals surface area contributed by atoms with Crippen molar-refractivity contribution >= 4 is 22.8 Å². The number of rotatable bonds is 6. The van der Waals surface area contributed by atoms with Gasteiger partial charge in [0.2, 0.25) is 11.1 Å². The first-order valence-electron chi connectivity index (χ1n) is 4.96. The Kier molecular flexibility index (Phi) is 6.54. The molecule has 1 unspecified atom stereocenters. The Morgan fingerprint density at radius 1 is 1.36 bits per heavy atom. The highest BCUT2D eigenvalue weighted by Gasteiger charge is 2.19. The highest BCUT2D eigenvalue weighted by Crippen LogP contribution is 2.07. The number of hydrogen-bond donors (Lipinski definition) is 1. The van der Waals surface area contributed by atoms with Gasteiger partial charge < -0.3 is 5.32 Å². The van der Waals surface area contributed by atoms with Crippen molar-refractivity contribution in [1.29, 1.82) is 0 Å². The summed E-state index contributed by atoms with van der Waals surface area (Å²) in [4.78, 5) is 22.2. The quantitative estimate of drug-likeness (QED) is 0.696. The van der Waals surface area contributed by atoms with Crippen LogP contribution in [-0.2, 0) is 9.59 Å². The predicted octanol–water partition coefficient (Wildman–Crippen LogP) is 2.08. The van der Waals surface area contributed by atoms with E-state index in [2.05, 4.69) is 5.32 Å². The van der Waals surface area contributed by atoms with Crippen molar-refractivity contribution in [2.24, 2.45) is 5.92 Å². The average Bonchev–Trinajstić information content (AvgIpc) is 2.02. The molecule has 0 aliphatic carbocycles. The number of hydrogen-bond acceptors (Lipinski definition) is 2. The zero-order valence-electron chi connectivity index (χ0n) is 8.97. The molecule has 4 heteroatoms. The van der Waals surface area contributed by atoms with Crippen LogP contribution < -0.4 is 5.32 Å². The van der Waals surface area contributed by atoms with Gasteiger partial charge in [-0.3, -0.25) is 9.59 Å². The van der Waals surface area contributed by atoms with Crippen molar-refractivity contribution in [3.05, 3.63) is 0 Å². The van der Waals surface area contributed by atoms with Gasteiger partial charge in [-0.25, -0.2) is 0 Å². The molecule has 82 valence electrons. The largest absolute Gasteiger partial charge is 0.345 e. The minimum atomic E-state index is -0.532. The molecule has 0 aliphatic rings. The number of nitrogens with one attached hydrogen (secondary N) is 1. The summed E-state index contributed by atoms with van der Waals surface area (Å²) in [6.45, 7) is 5.89. The Balaban J connectivity index is 4.09. The van der Waals surface area contributed by atoms with E-state index in [1.807, 2.05) is 20.8 Å². The van der Waals surface area contributed by atoms with E-state index in [0.717, 1.165) is 6.42 Å². The van der Waals surface area contributed by atoms with Crippen LogP contribution in [0.25, 0.3) is 0 Å². The molecular weight excluding hydrogens is 202 g/mol. The Labute approximate surface area is 90.2 Å². The highest BCUT2D eigenvalue weighted by atomic mass is 35.5. The third kappa shape index (κ3) is 5.97. The smallest absolute Gasteiger partial charge is 0.244 e. The molecule has 0 radical (unpaired) electrons. The first-order chi connectivity index (χ1) is 6.47. The van der Waals surface area contributed by atoms with Crippen molar-refractivity contribution in [2.45, 2.75) is 46.1 Å². The summed E-state index contributed by atoms with van der Waals surface area (Å²) in [7, 11) is 0. The van der Waals surface area contributed by atoms with Crippen LogP contribution in [0.5, 0.6) is 0 Å². The van der Waals surface area contributed by atoms with E-state index < -0.39 is 11.3 Å². The zero-order valence-corrected chi connectivity index (χ0v) is 9.73. The zero-order chi connectivity index (χ0) is 11.1. The fourth-order valence-corrected chi connectivity index (χ4v) is 1.32. The maximum absolute atomic E-state index is 11.2. The van der Waals surface area contributed by atoms with Crippen LogP contribution in [0.3, 0.4) is 0 Å². The maximum Gasteiger partial charge on any atom is 0.244 e. The lowest BCUT2D eigenvalue weighted by atomic mass is 10.0. The Bertz CT molecular complexity index is 204. The fraction of sp³-hybridized carbons (Fsp3) is 0.800. The molecule has 1 atom stereocenters. The lowest BCUT2D eigenvalue weighted by Gasteiger charge is -2.16. The normalized spacial score (nSPS) is 12.6. The number of amides is 1. The van der Waals surface area contributed by atoms with Gasteiger partial charge in [-0.1, -0.05) is 20.8 Å². The van der Waals surface area contributed by atoms with Crippen LogP contribution >= 0.6 is 11.6 Å². The summed E-state index contributed by atoms with van der Waals surface area (Å²) >= 11 is 5.38. The fourth-order valence-electron chi connectivity index (χ4n) is 1.17. The van der Waals surface area contributed by atoms with E-state index in [4.69, 9.17) is 11.6 Å². The van der Waals surface area contributed by atoms with Gasteiger partial charge in [-0.05, 0) is 30.4 Å². The van der Waals surface area contributed by atoms with E-state index in [0.29, 0.717) is 18.8 Å². The van der Waals surface area contributed by atoms with E-state index in [-0.39, 0.29) is 5.91 Å². The molecule has 0 aliphatic heterocycles. The Morgan fingerprint density at radius 2 is 1.93 bits per heavy atom. The molecule has 0 rings (SSSR count). The maximum atomic E-state index is 11.2. The van der Waals surface area contributed by atoms with Crippen LogP contribution in [0.4, 0.5) is 0 Å². The molecule has 0 spiro atoms. The second-order valence-electron chi connectivity index (χ2n) is 3.80. The van der Waals surface area contributed by atoms with E-state index >= 15 is 0 Å². The van der Waals surface area contributed by atoms with E-state index in [1.54, 1.807) is 0 Å². The molecule has 14 heavy (non-hydrogen) atoms. The number of carbonyl (C=O) groups is 2. The second kappa shape index (κ2) is 6.82. The summed E-state index contributed by atoms with van der Waals surface area (Å²) in [5.41, 5.74) is 0. The topological polar surface area (TPSA) is 46.2 Å². The molecule has 1 N–H and O–H groups in total. The standard InChI is InChI=1S/C10H18ClNO2/c1-4-5-9(13)12-8(10(11)14)6-7(2)3/h7-8H,4-6H2,1-3H3,(H,12,13). The van der Waals surface area contributed by atoms with Gasteiger partial charge in [0.15, 0.2) is 0 Å². The molecule has 3 nitrogen and oxygen atoms in total. The average molecular weight is 220 g/mol. The Hall–Kier alpha value is -0.570. The lowest BCUT2D eigenvalue weighted by molar-refractivity contribution is -0.125. The first kappa shape index (κ1) is 13.4. The third-order valence-corrected chi connectivity index (χ3v) is 2.06. The van der Waals surface area contributed by atoms with Crippen molar-refractivity contribution in [3.63, 3.8) is 0 Å². The molecule has 0 aromatic carbocycles. The highest BCUT2D eigenvalue weighted by molar-refractivity contribution is 6.64. The minimum absolute atomic E-state index is 0.104. The molecule has 0 saturated carbocycles. The monoisotopic (exact) mass is 219 g/mol. The summed E-state index contributed by atoms with van der Waals surface area (Å²) in [5.74, 6) is 0.233. The second-order valence-corrected chi connectivity index (χ2v) is 4.18. The van der Waals surface area contributed by atoms with Gasteiger partial charge in [0, 0.05) is 6.42 Å². The van der Waals surface area contributed by atoms with Crippen LogP contribution in [0.2, 0.25) is 0 Å². The van der Waals surface area contributed by atoms with Gasteiger partial charge in [0.25, 0.3) is 0 Å². The molecule has 1 amide bonds. The number of carbonyl (C=O) groups excluding carboxylic acids is 2. The summed E-state index contributed by atoms with van der Waals surface area (Å²) in [6.07, 6.45) is 1.81. The summed E-state index contributed by atoms with van der Waals surface area (Å²) in [6, 6.07) is -0.532. The lowest BCUT2D eigenvalue weighted by Crippen LogP contribution is -2.39. The van der Waals surface area contributed by atoms with Crippen LogP contribution in [0.15, 0.2) is 0 Å². The number of halogens is 1. The van der Waals surface area contributed by atoms with Crippen LogP contribution in [-0.4, -0.2) is 17.2 Å². The summed E-state index contributed by atoms with van der Waals surface area (Å²) < 4.78 is 0. The molecular formula is C10H18ClNO2. The van der Waals surface area contributed by atoms with Gasteiger partial charge >= 0.3 is 0 Å². The summed E-state index contributed by atoms with van der Waals surface area (Å²) in [5, 5.41) is 2.15. The molecule has 0 saturated heterocycles. The van der Waals surface area contributed by atoms with Crippen LogP contribution in [0, 0.1) is 5.92 Å². The SMILES string of the molecule is CCCC(=O)NC(CC(C)C)C(=O)Cl. The van der Waals surface area contributed by atoms with Crippen molar-refractivity contribution in [1.82, 2.24) is 5.32 Å². The third-order valence-electron chi connectivity index (χ3n) is 1.79. The molecule has 0 aromatic rings. The molecule has 0 heterocycles. The van der Waals surface area contributed by atoms with Crippen molar-refractivity contribution in [3.8, 4) is 0 Å². The van der Waals surface area contributed by atoms with Gasteiger partial charge in [0.05, 0.1) is 0 Å². The first-order valence-corrected chi connectivity index (χ1v) is 5.33. The van der Waals surface area contributed by atoms with Crippen molar-refractivity contribution < 1.29 is 9.59 Å². The molecule has 0 bridgehead atoms. The van der Waals surface area contributed by atoms with Crippen LogP contribution in [0.1, 0.15) is 40.0 Å². The van der Waals surface area contributed by atoms with Gasteiger partial charge in [0.1, 0.15) is 6.04 Å². The van der Waals surface area contributed by atoms with Gasteiger partial charge in [-0.2, -0.15) is 0 Å². The van der Waals surface area contributed by atoms with E-state index in [1.165, 1.54) is 0 Å². The van der Waals surface area contributed by atoms with Gasteiger partial charge in [-0.15, -0.1) is 0 Å². The predicted molar refractivity (Wildman–Crippen MR) is 57.2 cm³/mol. The minimum Gasteiger partial charge on any atom is -0.345 e. The van der Waals surface area contributed by atoms with Crippen molar-refractivity contribution in [2.75, 3.05) is 0 Å². The van der Waals surface area contributed by atoms with E-state index in [9.17, 15) is 9.59 Å². The molecule has 0 fully saturated rings. The Morgan fingerprint density at radius 3 is 2.29 bits per heavy atom. The molecule has 0 aromatic heterocycles.